The van der Waals surface area contributed by atoms with Gasteiger partial charge in [0.1, 0.15) is 6.26 Å². The van der Waals surface area contributed by atoms with E-state index < -0.39 is 12.0 Å². The van der Waals surface area contributed by atoms with E-state index in [1.54, 1.807) is 31.2 Å². The highest BCUT2D eigenvalue weighted by atomic mass is 35.5. The predicted molar refractivity (Wildman–Crippen MR) is 80.5 cm³/mol. The second-order valence-electron chi connectivity index (χ2n) is 4.89. The average molecular weight is 323 g/mol. The van der Waals surface area contributed by atoms with Crippen molar-refractivity contribution in [3.63, 3.8) is 0 Å². The normalized spacial score (nSPS) is 11.9. The summed E-state index contributed by atoms with van der Waals surface area (Å²) < 4.78 is 5.33. The monoisotopic (exact) mass is 322 g/mol. The summed E-state index contributed by atoms with van der Waals surface area (Å²) in [6.45, 7) is 1.63. The Hall–Kier alpha value is -2.34. The number of benzene rings is 1. The number of aliphatic carboxylic acids is 1. The van der Waals surface area contributed by atoms with Crippen molar-refractivity contribution < 1.29 is 19.1 Å². The number of halogens is 1. The van der Waals surface area contributed by atoms with E-state index in [-0.39, 0.29) is 18.7 Å². The molecule has 0 radical (unpaired) electrons. The molecule has 0 unspecified atom stereocenters. The minimum absolute atomic E-state index is 0.0288. The third kappa shape index (κ3) is 4.60. The quantitative estimate of drug-likeness (QED) is 0.852. The van der Waals surface area contributed by atoms with Gasteiger partial charge in [0.25, 0.3) is 0 Å². The molecule has 7 heteroatoms. The Bertz CT molecular complexity index is 666. The van der Waals surface area contributed by atoms with Crippen LogP contribution in [0, 0.1) is 0 Å². The molecule has 0 spiro atoms. The smallest absolute Gasteiger partial charge is 0.305 e. The van der Waals surface area contributed by atoms with E-state index in [2.05, 4.69) is 10.3 Å². The molecule has 0 saturated carbocycles. The summed E-state index contributed by atoms with van der Waals surface area (Å²) in [5, 5.41) is 11.9. The van der Waals surface area contributed by atoms with E-state index in [1.165, 1.54) is 6.26 Å². The fraction of sp³-hybridized carbons (Fsp3) is 0.267. The number of carbonyl (C=O) groups is 2. The fourth-order valence-corrected chi connectivity index (χ4v) is 2.04. The molecule has 1 aromatic heterocycles. The largest absolute Gasteiger partial charge is 0.481 e. The van der Waals surface area contributed by atoms with Crippen LogP contribution in [0.5, 0.6) is 0 Å². The molecular weight excluding hydrogens is 308 g/mol. The molecule has 2 N–H and O–H groups in total. The van der Waals surface area contributed by atoms with Crippen molar-refractivity contribution in [1.82, 2.24) is 10.3 Å². The standard InChI is InChI=1S/C15H15ClN2O4/c1-9(6-14(20)21)17-13(19)7-12-8-22-15(18-12)10-2-4-11(16)5-3-10/h2-5,8-9H,6-7H2,1H3,(H,17,19)(H,20,21)/t9-/m0/s1. The summed E-state index contributed by atoms with van der Waals surface area (Å²) >= 11 is 5.81. The van der Waals surface area contributed by atoms with Gasteiger partial charge in [-0.1, -0.05) is 11.6 Å². The van der Waals surface area contributed by atoms with Crippen LogP contribution in [0.3, 0.4) is 0 Å². The molecular formula is C15H15ClN2O4. The molecule has 1 amide bonds. The van der Waals surface area contributed by atoms with Gasteiger partial charge in [0, 0.05) is 16.6 Å². The first-order valence-corrected chi connectivity index (χ1v) is 7.03. The first kappa shape index (κ1) is 16.0. The summed E-state index contributed by atoms with van der Waals surface area (Å²) in [7, 11) is 0. The Morgan fingerprint density at radius 1 is 1.36 bits per heavy atom. The topological polar surface area (TPSA) is 92.4 Å². The van der Waals surface area contributed by atoms with Crippen molar-refractivity contribution in [1.29, 1.82) is 0 Å². The number of hydrogen-bond acceptors (Lipinski definition) is 4. The molecule has 116 valence electrons. The Balaban J connectivity index is 1.95. The third-order valence-electron chi connectivity index (χ3n) is 2.87. The molecule has 0 aliphatic rings. The molecule has 0 saturated heterocycles. The van der Waals surface area contributed by atoms with Gasteiger partial charge in [0.2, 0.25) is 11.8 Å². The first-order valence-electron chi connectivity index (χ1n) is 6.65. The lowest BCUT2D eigenvalue weighted by molar-refractivity contribution is -0.137. The summed E-state index contributed by atoms with van der Waals surface area (Å²) in [6.07, 6.45) is 1.31. The molecule has 22 heavy (non-hydrogen) atoms. The number of nitrogens with zero attached hydrogens (tertiary/aromatic N) is 1. The van der Waals surface area contributed by atoms with Crippen LogP contribution in [0.25, 0.3) is 11.5 Å². The average Bonchev–Trinajstić information content (AvgIpc) is 2.86. The number of amides is 1. The van der Waals surface area contributed by atoms with Crippen LogP contribution < -0.4 is 5.32 Å². The van der Waals surface area contributed by atoms with Gasteiger partial charge < -0.3 is 14.8 Å². The summed E-state index contributed by atoms with van der Waals surface area (Å²) in [5.41, 5.74) is 1.24. The zero-order valence-electron chi connectivity index (χ0n) is 11.9. The van der Waals surface area contributed by atoms with Crippen LogP contribution in [0.1, 0.15) is 19.0 Å². The number of hydrogen-bond donors (Lipinski definition) is 2. The number of carboxylic acid groups (broad SMARTS) is 1. The van der Waals surface area contributed by atoms with Gasteiger partial charge in [-0.25, -0.2) is 4.98 Å². The molecule has 0 aliphatic carbocycles. The van der Waals surface area contributed by atoms with Crippen molar-refractivity contribution >= 4 is 23.5 Å². The maximum atomic E-state index is 11.8. The van der Waals surface area contributed by atoms with Crippen molar-refractivity contribution in [2.75, 3.05) is 0 Å². The number of carboxylic acids is 1. The number of rotatable bonds is 6. The van der Waals surface area contributed by atoms with Crippen LogP contribution in [0.2, 0.25) is 5.02 Å². The van der Waals surface area contributed by atoms with Gasteiger partial charge in [0.15, 0.2) is 0 Å². The molecule has 1 atom stereocenters. The van der Waals surface area contributed by atoms with Crippen LogP contribution in [-0.4, -0.2) is 28.0 Å². The number of carbonyl (C=O) groups excluding carboxylic acids is 1. The molecule has 6 nitrogen and oxygen atoms in total. The SMILES string of the molecule is C[C@@H](CC(=O)O)NC(=O)Cc1coc(-c2ccc(Cl)cc2)n1. The molecule has 2 rings (SSSR count). The van der Waals surface area contributed by atoms with E-state index in [4.69, 9.17) is 21.1 Å². The van der Waals surface area contributed by atoms with E-state index in [9.17, 15) is 9.59 Å². The Kier molecular flexibility index (Phi) is 5.16. The first-order chi connectivity index (χ1) is 10.4. The van der Waals surface area contributed by atoms with Crippen LogP contribution >= 0.6 is 11.6 Å². The Morgan fingerprint density at radius 2 is 2.05 bits per heavy atom. The van der Waals surface area contributed by atoms with Crippen LogP contribution in [-0.2, 0) is 16.0 Å². The molecule has 0 fully saturated rings. The second kappa shape index (κ2) is 7.09. The molecule has 0 aliphatic heterocycles. The number of aromatic nitrogens is 1. The summed E-state index contributed by atoms with van der Waals surface area (Å²) in [4.78, 5) is 26.6. The van der Waals surface area contributed by atoms with Crippen molar-refractivity contribution in [2.45, 2.75) is 25.8 Å². The maximum absolute atomic E-state index is 11.8. The van der Waals surface area contributed by atoms with Crippen molar-refractivity contribution in [3.05, 3.63) is 41.2 Å². The van der Waals surface area contributed by atoms with Crippen LogP contribution in [0.15, 0.2) is 34.9 Å². The Morgan fingerprint density at radius 3 is 2.68 bits per heavy atom. The lowest BCUT2D eigenvalue weighted by Crippen LogP contribution is -2.35. The predicted octanol–water partition coefficient (Wildman–Crippen LogP) is 2.52. The van der Waals surface area contributed by atoms with Gasteiger partial charge in [-0.2, -0.15) is 0 Å². The highest BCUT2D eigenvalue weighted by Gasteiger charge is 2.14. The van der Waals surface area contributed by atoms with Gasteiger partial charge in [0.05, 0.1) is 18.5 Å². The molecule has 1 heterocycles. The van der Waals surface area contributed by atoms with Gasteiger partial charge in [-0.05, 0) is 31.2 Å². The van der Waals surface area contributed by atoms with Gasteiger partial charge in [-0.3, -0.25) is 9.59 Å². The lowest BCUT2D eigenvalue weighted by atomic mass is 10.2. The van der Waals surface area contributed by atoms with E-state index in [0.29, 0.717) is 16.6 Å². The van der Waals surface area contributed by atoms with E-state index >= 15 is 0 Å². The highest BCUT2D eigenvalue weighted by molar-refractivity contribution is 6.30. The summed E-state index contributed by atoms with van der Waals surface area (Å²) in [6, 6.07) is 6.55. The zero-order valence-corrected chi connectivity index (χ0v) is 12.6. The number of oxazole rings is 1. The second-order valence-corrected chi connectivity index (χ2v) is 5.33. The number of nitrogens with one attached hydrogen (secondary N) is 1. The van der Waals surface area contributed by atoms with E-state index in [1.807, 2.05) is 0 Å². The highest BCUT2D eigenvalue weighted by Crippen LogP contribution is 2.21. The zero-order chi connectivity index (χ0) is 16.1. The van der Waals surface area contributed by atoms with Gasteiger partial charge >= 0.3 is 5.97 Å². The van der Waals surface area contributed by atoms with Crippen molar-refractivity contribution in [2.24, 2.45) is 0 Å². The minimum Gasteiger partial charge on any atom is -0.481 e. The lowest BCUT2D eigenvalue weighted by Gasteiger charge is -2.10. The maximum Gasteiger partial charge on any atom is 0.305 e. The van der Waals surface area contributed by atoms with Crippen molar-refractivity contribution in [3.8, 4) is 11.5 Å². The molecule has 1 aromatic carbocycles. The molecule has 2 aromatic rings. The summed E-state index contributed by atoms with van der Waals surface area (Å²) in [5.74, 6) is -0.859. The Labute approximate surface area is 132 Å². The minimum atomic E-state index is -0.959. The van der Waals surface area contributed by atoms with E-state index in [0.717, 1.165) is 5.56 Å². The van der Waals surface area contributed by atoms with Crippen LogP contribution in [0.4, 0.5) is 0 Å². The fourth-order valence-electron chi connectivity index (χ4n) is 1.92. The molecule has 0 bridgehead atoms. The third-order valence-corrected chi connectivity index (χ3v) is 3.12. The van der Waals surface area contributed by atoms with Gasteiger partial charge in [-0.15, -0.1) is 0 Å².